The predicted molar refractivity (Wildman–Crippen MR) is 219 cm³/mol. The number of hydrogen-bond donors (Lipinski definition) is 14. The van der Waals surface area contributed by atoms with Crippen LogP contribution in [0.5, 0.6) is 0 Å². The van der Waals surface area contributed by atoms with E-state index in [0.717, 1.165) is 6.42 Å². The fourth-order valence-corrected chi connectivity index (χ4v) is 13.5. The third kappa shape index (κ3) is 8.63. The SMILES string of the molecule is C=C1C[C@@]23CCC4C(C)(C(=O)O[C@@H]5O[C@H](CO)[C@H](O)[C@@H](O)[C@H]5O)CCC[C@@]4(C)C2CC[C@]1(O[C@@H]1O[C@H](CO)[C@@H](O)[C@H](O[C@@H]2O[C@H](CO)[C@@H](O)[C@H](O)[C@H]2O)[C@H]1O[C@@H]1O[C@H](CO)[C@@H](O)[C@H](O)[C@H]1O)C3. The van der Waals surface area contributed by atoms with Crippen molar-refractivity contribution in [3.05, 3.63) is 12.2 Å². The molecule has 4 aliphatic carbocycles. The van der Waals surface area contributed by atoms with Gasteiger partial charge in [0.05, 0.1) is 37.4 Å². The van der Waals surface area contributed by atoms with Gasteiger partial charge in [-0.2, -0.15) is 0 Å². The zero-order valence-electron chi connectivity index (χ0n) is 37.5. The number of fused-ring (bicyclic) bond motifs is 3. The molecule has 0 aromatic heterocycles. The predicted octanol–water partition coefficient (Wildman–Crippen LogP) is -5.11. The van der Waals surface area contributed by atoms with Crippen molar-refractivity contribution in [3.8, 4) is 0 Å². The highest BCUT2D eigenvalue weighted by molar-refractivity contribution is 5.77. The van der Waals surface area contributed by atoms with Crippen LogP contribution in [0.4, 0.5) is 0 Å². The number of aliphatic hydroxyl groups excluding tert-OH is 14. The van der Waals surface area contributed by atoms with Gasteiger partial charge >= 0.3 is 5.97 Å². The van der Waals surface area contributed by atoms with Crippen LogP contribution in [0.2, 0.25) is 0 Å². The summed E-state index contributed by atoms with van der Waals surface area (Å²) in [5.41, 5.74) is -2.33. The first-order valence-corrected chi connectivity index (χ1v) is 23.4. The fourth-order valence-electron chi connectivity index (χ4n) is 13.5. The first-order valence-electron chi connectivity index (χ1n) is 23.4. The molecule has 4 saturated heterocycles. The molecule has 384 valence electrons. The lowest BCUT2D eigenvalue weighted by Crippen LogP contribution is -2.68. The van der Waals surface area contributed by atoms with Gasteiger partial charge < -0.3 is 109 Å². The average Bonchev–Trinajstić information content (AvgIpc) is 3.50. The zero-order chi connectivity index (χ0) is 48.7. The summed E-state index contributed by atoms with van der Waals surface area (Å²) in [5.74, 6) is -0.805. The summed E-state index contributed by atoms with van der Waals surface area (Å²) >= 11 is 0. The Labute approximate surface area is 386 Å². The number of ether oxygens (including phenoxy) is 8. The van der Waals surface area contributed by atoms with Crippen LogP contribution in [0, 0.1) is 28.1 Å². The standard InChI is InChI=1S/C44H70O23/c1-17-11-43-9-5-22-41(2,7-4-8-42(22,3)40(59)66-38-33(58)30(55)26(51)20(14-47)62-38)23(43)6-10-44(17,16-43)67-39-35(65-37-32(57)29(54)25(50)19(13-46)61-37)34(27(52)21(15-48)63-39)64-36-31(56)28(53)24(49)18(12-45)60-36/h18-39,45-58H,1,4-16H2,2-3H3/t18-,19-,20-,21-,22?,23?,24-,25-,26+,27-,28+,29+,30-,31-,32-,33-,34+,35-,36+,37+,38+,39+,41-,42?,43-,44+/m1/s1. The summed E-state index contributed by atoms with van der Waals surface area (Å²) in [7, 11) is 0. The van der Waals surface area contributed by atoms with Gasteiger partial charge in [0.1, 0.15) is 97.7 Å². The van der Waals surface area contributed by atoms with Crippen molar-refractivity contribution >= 4 is 5.97 Å². The number of carbonyl (C=O) groups is 1. The first kappa shape index (κ1) is 51.7. The van der Waals surface area contributed by atoms with Crippen molar-refractivity contribution in [1.82, 2.24) is 0 Å². The van der Waals surface area contributed by atoms with Gasteiger partial charge in [0.15, 0.2) is 18.9 Å². The number of carbonyl (C=O) groups excluding carboxylic acids is 1. The molecule has 4 saturated carbocycles. The van der Waals surface area contributed by atoms with Gasteiger partial charge in [0.2, 0.25) is 6.29 Å². The third-order valence-corrected chi connectivity index (χ3v) is 17.1. The van der Waals surface area contributed by atoms with E-state index in [0.29, 0.717) is 56.9 Å². The molecule has 3 unspecified atom stereocenters. The first-order chi connectivity index (χ1) is 31.6. The van der Waals surface area contributed by atoms with Crippen molar-refractivity contribution in [1.29, 1.82) is 0 Å². The molecule has 14 N–H and O–H groups in total. The minimum absolute atomic E-state index is 0.0251. The maximum atomic E-state index is 14.3. The number of hydrogen-bond acceptors (Lipinski definition) is 23. The van der Waals surface area contributed by atoms with E-state index in [1.165, 1.54) is 0 Å². The molecule has 8 aliphatic rings. The van der Waals surface area contributed by atoms with Gasteiger partial charge in [-0.3, -0.25) is 4.79 Å². The molecule has 1 spiro atoms. The highest BCUT2D eigenvalue weighted by atomic mass is 16.8. The summed E-state index contributed by atoms with van der Waals surface area (Å²) in [4.78, 5) is 14.3. The lowest BCUT2D eigenvalue weighted by Gasteiger charge is -2.64. The van der Waals surface area contributed by atoms with E-state index in [2.05, 4.69) is 13.5 Å². The average molecular weight is 967 g/mol. The normalized spacial score (nSPS) is 54.5. The van der Waals surface area contributed by atoms with Gasteiger partial charge in [-0.05, 0) is 86.5 Å². The molecule has 8 fully saturated rings. The van der Waals surface area contributed by atoms with Crippen LogP contribution in [-0.2, 0) is 42.7 Å². The Morgan fingerprint density at radius 1 is 0.567 bits per heavy atom. The summed E-state index contributed by atoms with van der Waals surface area (Å²) in [6.07, 6.45) is -29.1. The molecule has 67 heavy (non-hydrogen) atoms. The van der Waals surface area contributed by atoms with Crippen molar-refractivity contribution in [3.63, 3.8) is 0 Å². The topological polar surface area (TPSA) is 374 Å². The van der Waals surface area contributed by atoms with Crippen molar-refractivity contribution in [2.45, 2.75) is 200 Å². The molecule has 0 aromatic rings. The molecule has 0 aromatic carbocycles. The maximum Gasteiger partial charge on any atom is 0.314 e. The Hall–Kier alpha value is -1.63. The van der Waals surface area contributed by atoms with Crippen LogP contribution < -0.4 is 0 Å². The van der Waals surface area contributed by atoms with Crippen LogP contribution in [0.3, 0.4) is 0 Å². The molecule has 26 atom stereocenters. The summed E-state index contributed by atoms with van der Waals surface area (Å²) in [6.45, 7) is 5.41. The minimum Gasteiger partial charge on any atom is -0.432 e. The van der Waals surface area contributed by atoms with Crippen molar-refractivity contribution in [2.75, 3.05) is 26.4 Å². The Bertz CT molecular complexity index is 1760. The minimum atomic E-state index is -1.95. The van der Waals surface area contributed by atoms with Crippen LogP contribution in [0.1, 0.15) is 71.6 Å². The highest BCUT2D eigenvalue weighted by Gasteiger charge is 2.70. The molecule has 2 bridgehead atoms. The molecule has 8 rings (SSSR count). The van der Waals surface area contributed by atoms with Gasteiger partial charge in [-0.25, -0.2) is 0 Å². The van der Waals surface area contributed by atoms with Crippen LogP contribution in [-0.4, -0.2) is 232 Å². The van der Waals surface area contributed by atoms with Gasteiger partial charge in [0, 0.05) is 0 Å². The van der Waals surface area contributed by atoms with E-state index >= 15 is 0 Å². The quantitative estimate of drug-likeness (QED) is 0.0494. The van der Waals surface area contributed by atoms with Gasteiger partial charge in [-0.15, -0.1) is 0 Å². The van der Waals surface area contributed by atoms with E-state index in [4.69, 9.17) is 37.9 Å². The summed E-state index contributed by atoms with van der Waals surface area (Å²) in [5, 5.41) is 148. The van der Waals surface area contributed by atoms with E-state index in [9.17, 15) is 76.3 Å². The number of esters is 1. The lowest BCUT2D eigenvalue weighted by molar-refractivity contribution is -0.400. The van der Waals surface area contributed by atoms with Gasteiger partial charge in [0.25, 0.3) is 0 Å². The molecule has 4 heterocycles. The van der Waals surface area contributed by atoms with E-state index in [1.807, 2.05) is 6.92 Å². The Morgan fingerprint density at radius 3 is 1.57 bits per heavy atom. The van der Waals surface area contributed by atoms with Crippen LogP contribution >= 0.6 is 0 Å². The van der Waals surface area contributed by atoms with E-state index in [1.54, 1.807) is 0 Å². The Balaban J connectivity index is 1.06. The maximum absolute atomic E-state index is 14.3. The summed E-state index contributed by atoms with van der Waals surface area (Å²) < 4.78 is 48.2. The summed E-state index contributed by atoms with van der Waals surface area (Å²) in [6, 6.07) is 0. The second kappa shape index (κ2) is 19.4. The Kier molecular flexibility index (Phi) is 15.0. The fraction of sp³-hybridized carbons (Fsp3) is 0.932. The van der Waals surface area contributed by atoms with Crippen molar-refractivity contribution < 1.29 is 114 Å². The smallest absolute Gasteiger partial charge is 0.314 e. The monoisotopic (exact) mass is 966 g/mol. The molecule has 23 heteroatoms. The molecule has 4 aliphatic heterocycles. The largest absolute Gasteiger partial charge is 0.432 e. The van der Waals surface area contributed by atoms with Crippen LogP contribution in [0.25, 0.3) is 0 Å². The van der Waals surface area contributed by atoms with E-state index in [-0.39, 0.29) is 11.8 Å². The highest BCUT2D eigenvalue weighted by Crippen LogP contribution is 2.74. The molecule has 0 amide bonds. The zero-order valence-corrected chi connectivity index (χ0v) is 37.5. The lowest BCUT2D eigenvalue weighted by atomic mass is 9.41. The number of rotatable bonds is 12. The molecular weight excluding hydrogens is 896 g/mol. The van der Waals surface area contributed by atoms with Crippen LogP contribution in [0.15, 0.2) is 12.2 Å². The van der Waals surface area contributed by atoms with Gasteiger partial charge in [-0.1, -0.05) is 19.9 Å². The van der Waals surface area contributed by atoms with E-state index < -0.39 is 177 Å². The molecule has 0 radical (unpaired) electrons. The molecule has 23 nitrogen and oxygen atoms in total. The molecular formula is C44H70O23. The third-order valence-electron chi connectivity index (χ3n) is 17.1. The number of aliphatic hydroxyl groups is 14. The second-order valence-corrected chi connectivity index (χ2v) is 20.8. The Morgan fingerprint density at radius 2 is 1.03 bits per heavy atom. The second-order valence-electron chi connectivity index (χ2n) is 20.8. The van der Waals surface area contributed by atoms with Crippen molar-refractivity contribution in [2.24, 2.45) is 28.1 Å².